The Bertz CT molecular complexity index is 581. The van der Waals surface area contributed by atoms with Gasteiger partial charge in [0.05, 0.1) is 5.56 Å². The summed E-state index contributed by atoms with van der Waals surface area (Å²) in [5, 5.41) is 2.90. The van der Waals surface area contributed by atoms with Crippen molar-refractivity contribution in [3.8, 4) is 0 Å². The van der Waals surface area contributed by atoms with Gasteiger partial charge in [0, 0.05) is 26.8 Å². The van der Waals surface area contributed by atoms with Crippen LogP contribution in [-0.4, -0.2) is 29.9 Å². The van der Waals surface area contributed by atoms with E-state index in [9.17, 15) is 9.18 Å². The first kappa shape index (κ1) is 14.0. The van der Waals surface area contributed by atoms with Gasteiger partial charge in [-0.2, -0.15) is 0 Å². The molecule has 1 N–H and O–H groups in total. The molecule has 104 valence electrons. The smallest absolute Gasteiger partial charge is 0.255 e. The first-order valence-corrected chi connectivity index (χ1v) is 6.24. The summed E-state index contributed by atoms with van der Waals surface area (Å²) in [6, 6.07) is 9.58. The fraction of sp³-hybridized carbons (Fsp3) is 0.200. The van der Waals surface area contributed by atoms with Crippen molar-refractivity contribution in [3.63, 3.8) is 0 Å². The number of nitrogens with zero attached hydrogens (tertiary/aromatic N) is 2. The summed E-state index contributed by atoms with van der Waals surface area (Å²) in [6.45, 7) is 0.424. The fourth-order valence-corrected chi connectivity index (χ4v) is 1.82. The maximum atomic E-state index is 12.8. The molecule has 2 aromatic rings. The normalized spacial score (nSPS) is 10.2. The van der Waals surface area contributed by atoms with Crippen molar-refractivity contribution in [2.75, 3.05) is 19.4 Å². The maximum absolute atomic E-state index is 12.8. The van der Waals surface area contributed by atoms with Crippen LogP contribution in [0, 0.1) is 5.82 Å². The van der Waals surface area contributed by atoms with Gasteiger partial charge in [-0.05, 0) is 29.8 Å². The van der Waals surface area contributed by atoms with Crippen molar-refractivity contribution < 1.29 is 9.18 Å². The van der Waals surface area contributed by atoms with Crippen LogP contribution in [0.3, 0.4) is 0 Å². The first-order valence-electron chi connectivity index (χ1n) is 6.24. The van der Waals surface area contributed by atoms with Crippen molar-refractivity contribution in [1.29, 1.82) is 0 Å². The summed E-state index contributed by atoms with van der Waals surface area (Å²) in [4.78, 5) is 17.9. The highest BCUT2D eigenvalue weighted by Gasteiger charge is 2.12. The Balaban J connectivity index is 2.05. The molecule has 0 unspecified atom stereocenters. The molecule has 1 aromatic heterocycles. The predicted molar refractivity (Wildman–Crippen MR) is 76.0 cm³/mol. The molecule has 0 spiro atoms. The molecule has 0 radical (unpaired) electrons. The summed E-state index contributed by atoms with van der Waals surface area (Å²) in [5.41, 5.74) is 1.40. The van der Waals surface area contributed by atoms with Gasteiger partial charge in [-0.25, -0.2) is 9.37 Å². The molecule has 0 aliphatic carbocycles. The lowest BCUT2D eigenvalue weighted by atomic mass is 10.2. The molecule has 0 bridgehead atoms. The van der Waals surface area contributed by atoms with E-state index in [1.807, 2.05) is 0 Å². The second-order valence-electron chi connectivity index (χ2n) is 4.47. The molecule has 2 rings (SSSR count). The molecule has 0 aliphatic heterocycles. The van der Waals surface area contributed by atoms with E-state index < -0.39 is 0 Å². The van der Waals surface area contributed by atoms with Crippen molar-refractivity contribution in [1.82, 2.24) is 9.88 Å². The molecular weight excluding hydrogens is 257 g/mol. The second kappa shape index (κ2) is 6.14. The van der Waals surface area contributed by atoms with Gasteiger partial charge >= 0.3 is 0 Å². The molecule has 0 saturated heterocycles. The zero-order valence-corrected chi connectivity index (χ0v) is 11.4. The number of benzene rings is 1. The number of carbonyl (C=O) groups is 1. The third-order valence-corrected chi connectivity index (χ3v) is 2.95. The number of rotatable bonds is 4. The number of nitrogens with one attached hydrogen (secondary N) is 1. The van der Waals surface area contributed by atoms with Crippen molar-refractivity contribution in [2.24, 2.45) is 0 Å². The minimum Gasteiger partial charge on any atom is -0.373 e. The van der Waals surface area contributed by atoms with Gasteiger partial charge in [-0.1, -0.05) is 12.1 Å². The number of anilines is 1. The lowest BCUT2D eigenvalue weighted by Crippen LogP contribution is -2.26. The van der Waals surface area contributed by atoms with E-state index in [4.69, 9.17) is 0 Å². The monoisotopic (exact) mass is 273 g/mol. The number of carbonyl (C=O) groups excluding carboxylic acids is 1. The minimum absolute atomic E-state index is 0.121. The van der Waals surface area contributed by atoms with Gasteiger partial charge in [0.25, 0.3) is 5.91 Å². The van der Waals surface area contributed by atoms with Crippen LogP contribution in [0.2, 0.25) is 0 Å². The average molecular weight is 273 g/mol. The van der Waals surface area contributed by atoms with E-state index in [0.717, 1.165) is 5.56 Å². The molecule has 0 atom stereocenters. The van der Waals surface area contributed by atoms with E-state index >= 15 is 0 Å². The molecule has 1 aromatic carbocycles. The quantitative estimate of drug-likeness (QED) is 0.931. The van der Waals surface area contributed by atoms with Gasteiger partial charge in [0.1, 0.15) is 11.6 Å². The van der Waals surface area contributed by atoms with Crippen LogP contribution in [-0.2, 0) is 6.54 Å². The summed E-state index contributed by atoms with van der Waals surface area (Å²) >= 11 is 0. The van der Waals surface area contributed by atoms with Crippen LogP contribution in [0.5, 0.6) is 0 Å². The topological polar surface area (TPSA) is 45.2 Å². The summed E-state index contributed by atoms with van der Waals surface area (Å²) in [5.74, 6) is 0.307. The Morgan fingerprint density at radius 3 is 2.50 bits per heavy atom. The van der Waals surface area contributed by atoms with Crippen LogP contribution < -0.4 is 5.32 Å². The summed E-state index contributed by atoms with van der Waals surface area (Å²) < 4.78 is 12.8. The molecule has 0 fully saturated rings. The minimum atomic E-state index is -0.283. The van der Waals surface area contributed by atoms with Crippen LogP contribution in [0.4, 0.5) is 10.2 Å². The fourth-order valence-electron chi connectivity index (χ4n) is 1.82. The molecule has 1 amide bonds. The second-order valence-corrected chi connectivity index (χ2v) is 4.47. The Morgan fingerprint density at radius 2 is 1.95 bits per heavy atom. The molecule has 20 heavy (non-hydrogen) atoms. The van der Waals surface area contributed by atoms with E-state index in [0.29, 0.717) is 17.9 Å². The maximum Gasteiger partial charge on any atom is 0.255 e. The largest absolute Gasteiger partial charge is 0.373 e. The predicted octanol–water partition coefficient (Wildman–Crippen LogP) is 2.53. The van der Waals surface area contributed by atoms with E-state index in [-0.39, 0.29) is 11.7 Å². The SMILES string of the molecule is CNc1ccc(C(=O)N(C)Cc2ccc(F)cc2)cn1. The zero-order chi connectivity index (χ0) is 14.5. The van der Waals surface area contributed by atoms with Crippen LogP contribution in [0.1, 0.15) is 15.9 Å². The lowest BCUT2D eigenvalue weighted by molar-refractivity contribution is 0.0784. The molecule has 0 saturated carbocycles. The Kier molecular flexibility index (Phi) is 4.30. The lowest BCUT2D eigenvalue weighted by Gasteiger charge is -2.17. The standard InChI is InChI=1S/C15H16FN3O/c1-17-14-8-5-12(9-18-14)15(20)19(2)10-11-3-6-13(16)7-4-11/h3-9H,10H2,1-2H3,(H,17,18). The number of amides is 1. The summed E-state index contributed by atoms with van der Waals surface area (Å²) in [6.07, 6.45) is 1.54. The van der Waals surface area contributed by atoms with Crippen LogP contribution in [0.15, 0.2) is 42.6 Å². The molecule has 5 heteroatoms. The van der Waals surface area contributed by atoms with Crippen LogP contribution >= 0.6 is 0 Å². The molecular formula is C15H16FN3O. The Morgan fingerprint density at radius 1 is 1.25 bits per heavy atom. The number of halogens is 1. The Hall–Kier alpha value is -2.43. The highest BCUT2D eigenvalue weighted by Crippen LogP contribution is 2.10. The highest BCUT2D eigenvalue weighted by molar-refractivity contribution is 5.93. The average Bonchev–Trinajstić information content (AvgIpc) is 2.49. The molecule has 4 nitrogen and oxygen atoms in total. The molecule has 0 aliphatic rings. The van der Waals surface area contributed by atoms with E-state index in [1.165, 1.54) is 18.3 Å². The van der Waals surface area contributed by atoms with Gasteiger partial charge in [0.15, 0.2) is 0 Å². The number of hydrogen-bond acceptors (Lipinski definition) is 3. The van der Waals surface area contributed by atoms with Gasteiger partial charge in [-0.3, -0.25) is 4.79 Å². The first-order chi connectivity index (χ1) is 9.60. The van der Waals surface area contributed by atoms with Gasteiger partial charge < -0.3 is 10.2 Å². The van der Waals surface area contributed by atoms with Crippen molar-refractivity contribution in [2.45, 2.75) is 6.54 Å². The zero-order valence-electron chi connectivity index (χ0n) is 11.4. The van der Waals surface area contributed by atoms with Gasteiger partial charge in [-0.15, -0.1) is 0 Å². The van der Waals surface area contributed by atoms with Crippen molar-refractivity contribution in [3.05, 3.63) is 59.5 Å². The number of hydrogen-bond donors (Lipinski definition) is 1. The Labute approximate surface area is 117 Å². The third kappa shape index (κ3) is 3.32. The number of aromatic nitrogens is 1. The summed E-state index contributed by atoms with van der Waals surface area (Å²) in [7, 11) is 3.47. The van der Waals surface area contributed by atoms with Crippen LogP contribution in [0.25, 0.3) is 0 Å². The molecule has 1 heterocycles. The number of pyridine rings is 1. The highest BCUT2D eigenvalue weighted by atomic mass is 19.1. The van der Waals surface area contributed by atoms with Crippen molar-refractivity contribution >= 4 is 11.7 Å². The third-order valence-electron chi connectivity index (χ3n) is 2.95. The van der Waals surface area contributed by atoms with Gasteiger partial charge in [0.2, 0.25) is 0 Å². The van der Waals surface area contributed by atoms with E-state index in [1.54, 1.807) is 43.3 Å². The van der Waals surface area contributed by atoms with E-state index in [2.05, 4.69) is 10.3 Å².